The predicted molar refractivity (Wildman–Crippen MR) is 65.1 cm³/mol. The van der Waals surface area contributed by atoms with E-state index in [4.69, 9.17) is 0 Å². The number of hydrogen-bond acceptors (Lipinski definition) is 2. The van der Waals surface area contributed by atoms with Crippen molar-refractivity contribution in [3.05, 3.63) is 41.2 Å². The summed E-state index contributed by atoms with van der Waals surface area (Å²) in [5.74, 6) is 0. The highest BCUT2D eigenvalue weighted by Crippen LogP contribution is 2.27. The van der Waals surface area contributed by atoms with Crippen molar-refractivity contribution in [1.29, 1.82) is 0 Å². The van der Waals surface area contributed by atoms with E-state index >= 15 is 0 Å². The Bertz CT molecular complexity index is 367. The summed E-state index contributed by atoms with van der Waals surface area (Å²) in [6.45, 7) is 1.96. The first kappa shape index (κ1) is 11.3. The molecule has 1 N–H and O–H groups in total. The SMILES string of the molecule is Cc1ccc(C(O)CC2=CCCCC2)cn1. The van der Waals surface area contributed by atoms with E-state index in [0.29, 0.717) is 0 Å². The van der Waals surface area contributed by atoms with E-state index in [1.807, 2.05) is 19.1 Å². The highest BCUT2D eigenvalue weighted by molar-refractivity contribution is 5.18. The van der Waals surface area contributed by atoms with Crippen LogP contribution in [0.3, 0.4) is 0 Å². The summed E-state index contributed by atoms with van der Waals surface area (Å²) in [5, 5.41) is 10.1. The van der Waals surface area contributed by atoms with Crippen LogP contribution in [0.2, 0.25) is 0 Å². The van der Waals surface area contributed by atoms with Crippen molar-refractivity contribution in [1.82, 2.24) is 4.98 Å². The van der Waals surface area contributed by atoms with Gasteiger partial charge in [0.05, 0.1) is 6.10 Å². The molecule has 86 valence electrons. The molecule has 2 rings (SSSR count). The lowest BCUT2D eigenvalue weighted by Gasteiger charge is -2.16. The topological polar surface area (TPSA) is 33.1 Å². The van der Waals surface area contributed by atoms with E-state index in [2.05, 4.69) is 11.1 Å². The molecular formula is C14H19NO. The Morgan fingerprint density at radius 3 is 2.88 bits per heavy atom. The maximum absolute atomic E-state index is 10.1. The van der Waals surface area contributed by atoms with Gasteiger partial charge in [-0.2, -0.15) is 0 Å². The van der Waals surface area contributed by atoms with Crippen LogP contribution in [0.5, 0.6) is 0 Å². The number of nitrogens with zero attached hydrogens (tertiary/aromatic N) is 1. The molecule has 0 saturated carbocycles. The van der Waals surface area contributed by atoms with Crippen molar-refractivity contribution in [2.45, 2.75) is 45.1 Å². The molecule has 0 aliphatic heterocycles. The molecule has 0 fully saturated rings. The number of aryl methyl sites for hydroxylation is 1. The standard InChI is InChI=1S/C14H19NO/c1-11-7-8-13(10-15-11)14(16)9-12-5-3-2-4-6-12/h5,7-8,10,14,16H,2-4,6,9H2,1H3. The van der Waals surface area contributed by atoms with Crippen LogP contribution in [-0.4, -0.2) is 10.1 Å². The quantitative estimate of drug-likeness (QED) is 0.788. The van der Waals surface area contributed by atoms with Crippen LogP contribution in [0, 0.1) is 6.92 Å². The number of rotatable bonds is 3. The van der Waals surface area contributed by atoms with Gasteiger partial charge in [-0.1, -0.05) is 17.7 Å². The van der Waals surface area contributed by atoms with Crippen LogP contribution in [0.25, 0.3) is 0 Å². The van der Waals surface area contributed by atoms with Crippen LogP contribution in [-0.2, 0) is 0 Å². The third-order valence-corrected chi connectivity index (χ3v) is 3.16. The minimum absolute atomic E-state index is 0.391. The van der Waals surface area contributed by atoms with Crippen molar-refractivity contribution in [3.8, 4) is 0 Å². The third-order valence-electron chi connectivity index (χ3n) is 3.16. The number of hydrogen-bond donors (Lipinski definition) is 1. The summed E-state index contributed by atoms with van der Waals surface area (Å²) >= 11 is 0. The summed E-state index contributed by atoms with van der Waals surface area (Å²) in [4.78, 5) is 4.21. The molecule has 1 atom stereocenters. The maximum Gasteiger partial charge on any atom is 0.0841 e. The summed E-state index contributed by atoms with van der Waals surface area (Å²) in [5.41, 5.74) is 3.32. The van der Waals surface area contributed by atoms with Crippen molar-refractivity contribution < 1.29 is 5.11 Å². The summed E-state index contributed by atoms with van der Waals surface area (Å²) < 4.78 is 0. The zero-order valence-corrected chi connectivity index (χ0v) is 9.82. The van der Waals surface area contributed by atoms with E-state index in [0.717, 1.165) is 24.1 Å². The molecule has 0 bridgehead atoms. The first-order valence-corrected chi connectivity index (χ1v) is 6.04. The molecule has 2 heteroatoms. The Morgan fingerprint density at radius 1 is 1.38 bits per heavy atom. The van der Waals surface area contributed by atoms with Gasteiger partial charge in [0.2, 0.25) is 0 Å². The summed E-state index contributed by atoms with van der Waals surface area (Å²) in [6.07, 6.45) is 9.33. The number of allylic oxidation sites excluding steroid dienone is 1. The minimum Gasteiger partial charge on any atom is -0.388 e. The van der Waals surface area contributed by atoms with Gasteiger partial charge in [-0.15, -0.1) is 0 Å². The minimum atomic E-state index is -0.391. The first-order chi connectivity index (χ1) is 7.75. The fraction of sp³-hybridized carbons (Fsp3) is 0.500. The van der Waals surface area contributed by atoms with E-state index < -0.39 is 6.10 Å². The Kier molecular flexibility index (Phi) is 3.73. The normalized spacial score (nSPS) is 18.0. The van der Waals surface area contributed by atoms with Crippen molar-refractivity contribution in [2.24, 2.45) is 0 Å². The van der Waals surface area contributed by atoms with Crippen molar-refractivity contribution in [2.75, 3.05) is 0 Å². The monoisotopic (exact) mass is 217 g/mol. The second kappa shape index (κ2) is 5.26. The molecule has 1 aromatic heterocycles. The Hall–Kier alpha value is -1.15. The Morgan fingerprint density at radius 2 is 2.25 bits per heavy atom. The lowest BCUT2D eigenvalue weighted by molar-refractivity contribution is 0.176. The molecule has 1 heterocycles. The van der Waals surface area contributed by atoms with E-state index in [1.54, 1.807) is 6.20 Å². The Balaban J connectivity index is 1.99. The summed E-state index contributed by atoms with van der Waals surface area (Å²) in [7, 11) is 0. The van der Waals surface area contributed by atoms with Crippen molar-refractivity contribution in [3.63, 3.8) is 0 Å². The number of aliphatic hydroxyl groups is 1. The van der Waals surface area contributed by atoms with Gasteiger partial charge >= 0.3 is 0 Å². The number of pyridine rings is 1. The van der Waals surface area contributed by atoms with Crippen molar-refractivity contribution >= 4 is 0 Å². The molecule has 1 unspecified atom stereocenters. The number of aliphatic hydroxyl groups excluding tert-OH is 1. The molecule has 0 aromatic carbocycles. The molecule has 1 aliphatic carbocycles. The molecule has 0 radical (unpaired) electrons. The third kappa shape index (κ3) is 2.92. The van der Waals surface area contributed by atoms with Gasteiger partial charge in [0, 0.05) is 11.9 Å². The number of aromatic nitrogens is 1. The highest BCUT2D eigenvalue weighted by atomic mass is 16.3. The molecule has 2 nitrogen and oxygen atoms in total. The van der Waals surface area contributed by atoms with Gasteiger partial charge in [0.15, 0.2) is 0 Å². The predicted octanol–water partition coefficient (Wildman–Crippen LogP) is 3.31. The fourth-order valence-electron chi connectivity index (χ4n) is 2.13. The molecule has 0 spiro atoms. The van der Waals surface area contributed by atoms with Crippen LogP contribution in [0.4, 0.5) is 0 Å². The smallest absolute Gasteiger partial charge is 0.0841 e. The summed E-state index contributed by atoms with van der Waals surface area (Å²) in [6, 6.07) is 3.92. The van der Waals surface area contributed by atoms with Crippen LogP contribution in [0.15, 0.2) is 30.0 Å². The molecule has 0 saturated heterocycles. The highest BCUT2D eigenvalue weighted by Gasteiger charge is 2.12. The van der Waals surface area contributed by atoms with E-state index in [1.165, 1.54) is 24.8 Å². The second-order valence-electron chi connectivity index (χ2n) is 4.56. The van der Waals surface area contributed by atoms with Gasteiger partial charge in [-0.25, -0.2) is 0 Å². The van der Waals surface area contributed by atoms with Crippen LogP contribution >= 0.6 is 0 Å². The second-order valence-corrected chi connectivity index (χ2v) is 4.56. The van der Waals surface area contributed by atoms with Crippen LogP contribution < -0.4 is 0 Å². The molecule has 16 heavy (non-hydrogen) atoms. The molecule has 0 amide bonds. The Labute approximate surface area is 97.0 Å². The first-order valence-electron chi connectivity index (χ1n) is 6.04. The van der Waals surface area contributed by atoms with E-state index in [9.17, 15) is 5.11 Å². The lowest BCUT2D eigenvalue weighted by Crippen LogP contribution is -2.02. The lowest BCUT2D eigenvalue weighted by atomic mass is 9.93. The van der Waals surface area contributed by atoms with Gasteiger partial charge in [0.25, 0.3) is 0 Å². The van der Waals surface area contributed by atoms with Gasteiger partial charge in [-0.05, 0) is 50.7 Å². The zero-order valence-electron chi connectivity index (χ0n) is 9.82. The largest absolute Gasteiger partial charge is 0.388 e. The van der Waals surface area contributed by atoms with Gasteiger partial charge < -0.3 is 5.11 Å². The average molecular weight is 217 g/mol. The van der Waals surface area contributed by atoms with Crippen LogP contribution in [0.1, 0.15) is 49.5 Å². The van der Waals surface area contributed by atoms with E-state index in [-0.39, 0.29) is 0 Å². The fourth-order valence-corrected chi connectivity index (χ4v) is 2.13. The zero-order chi connectivity index (χ0) is 11.4. The molecule has 1 aliphatic rings. The maximum atomic E-state index is 10.1. The molecular weight excluding hydrogens is 198 g/mol. The van der Waals surface area contributed by atoms with Gasteiger partial charge in [-0.3, -0.25) is 4.98 Å². The molecule has 1 aromatic rings. The van der Waals surface area contributed by atoms with Gasteiger partial charge in [0.1, 0.15) is 0 Å². The average Bonchev–Trinajstić information content (AvgIpc) is 2.31.